The van der Waals surface area contributed by atoms with Gasteiger partial charge in [-0.25, -0.2) is 0 Å². The first-order valence-electron chi connectivity index (χ1n) is 3.77. The Kier molecular flexibility index (Phi) is 8.13. The van der Waals surface area contributed by atoms with Crippen molar-refractivity contribution in [1.82, 2.24) is 14.0 Å². The van der Waals surface area contributed by atoms with Gasteiger partial charge in [-0.2, -0.15) is 0 Å². The van der Waals surface area contributed by atoms with Crippen LogP contribution in [0.15, 0.2) is 0 Å². The number of halogens is 1. The Morgan fingerprint density at radius 3 is 1.82 bits per heavy atom. The van der Waals surface area contributed by atoms with Crippen molar-refractivity contribution in [3.63, 3.8) is 0 Å². The molecule has 65 valence electrons. The van der Waals surface area contributed by atoms with Crippen LogP contribution in [0.2, 0.25) is 0 Å². The quantitative estimate of drug-likeness (QED) is 0.524. The Morgan fingerprint density at radius 2 is 1.36 bits per heavy atom. The standard InChI is InChI=1S/C6H14N3.ClH.Ti/c1-2-8-5-6-9-4-3-7-1;;/h7-8H,1-6H2;1H;/q-1;;+1. The monoisotopic (exact) mass is 212 g/mol. The van der Waals surface area contributed by atoms with Crippen LogP contribution in [0, 0.1) is 0 Å². The third kappa shape index (κ3) is 6.08. The second kappa shape index (κ2) is 7.53. The van der Waals surface area contributed by atoms with Gasteiger partial charge < -0.3 is 0 Å². The van der Waals surface area contributed by atoms with Gasteiger partial charge in [-0.15, -0.1) is 12.4 Å². The minimum atomic E-state index is 0. The molecular formula is C6H15ClN3Ti. The molecule has 0 aromatic rings. The molecule has 2 N–H and O–H groups in total. The third-order valence-corrected chi connectivity index (χ3v) is 2.29. The maximum atomic E-state index is 3.35. The van der Waals surface area contributed by atoms with Crippen LogP contribution in [0.25, 0.3) is 0 Å². The fourth-order valence-electron chi connectivity index (χ4n) is 0.967. The van der Waals surface area contributed by atoms with Crippen molar-refractivity contribution in [3.8, 4) is 0 Å². The molecule has 3 nitrogen and oxygen atoms in total. The van der Waals surface area contributed by atoms with Crippen molar-refractivity contribution in [3.05, 3.63) is 0 Å². The van der Waals surface area contributed by atoms with Gasteiger partial charge in [0, 0.05) is 0 Å². The number of nitrogens with zero attached hydrogens (tertiary/aromatic N) is 1. The van der Waals surface area contributed by atoms with E-state index in [1.54, 1.807) is 0 Å². The van der Waals surface area contributed by atoms with E-state index < -0.39 is 0 Å². The molecule has 0 spiro atoms. The van der Waals surface area contributed by atoms with Crippen molar-refractivity contribution in [2.75, 3.05) is 39.3 Å². The Hall–Kier alpha value is 0.884. The Balaban J connectivity index is 0.000001000. The fraction of sp³-hybridized carbons (Fsp3) is 1.00. The molecule has 1 fully saturated rings. The molecule has 0 aromatic heterocycles. The van der Waals surface area contributed by atoms with Crippen molar-refractivity contribution in [2.24, 2.45) is 0 Å². The van der Waals surface area contributed by atoms with Gasteiger partial charge in [-0.05, 0) is 0 Å². The molecule has 0 amide bonds. The molecule has 11 heavy (non-hydrogen) atoms. The van der Waals surface area contributed by atoms with E-state index >= 15 is 0 Å². The van der Waals surface area contributed by atoms with Crippen LogP contribution in [-0.2, 0) is 20.7 Å². The molecule has 0 saturated carbocycles. The summed E-state index contributed by atoms with van der Waals surface area (Å²) < 4.78 is 2.34. The van der Waals surface area contributed by atoms with Crippen LogP contribution in [0.3, 0.4) is 0 Å². The third-order valence-electron chi connectivity index (χ3n) is 1.60. The first-order chi connectivity index (χ1) is 4.89. The molecule has 0 aromatic carbocycles. The molecule has 1 saturated heterocycles. The van der Waals surface area contributed by atoms with Crippen LogP contribution >= 0.6 is 12.4 Å². The molecule has 0 atom stereocenters. The molecule has 5 heteroatoms. The first kappa shape index (κ1) is 11.9. The number of nitrogens with one attached hydrogen (secondary N) is 2. The van der Waals surface area contributed by atoms with E-state index in [0.29, 0.717) is 0 Å². The Morgan fingerprint density at radius 1 is 0.909 bits per heavy atom. The topological polar surface area (TPSA) is 27.3 Å². The van der Waals surface area contributed by atoms with Gasteiger partial charge in [-0.1, -0.05) is 0 Å². The molecule has 0 aliphatic carbocycles. The zero-order chi connectivity index (χ0) is 7.23. The number of hydrogen-bond acceptors (Lipinski definition) is 3. The van der Waals surface area contributed by atoms with Gasteiger partial charge in [0.05, 0.1) is 0 Å². The Labute approximate surface area is 86.4 Å². The van der Waals surface area contributed by atoms with E-state index in [1.165, 1.54) is 13.1 Å². The molecule has 0 unspecified atom stereocenters. The molecule has 1 aliphatic heterocycles. The van der Waals surface area contributed by atoms with E-state index in [0.717, 1.165) is 26.2 Å². The normalized spacial score (nSPS) is 22.5. The van der Waals surface area contributed by atoms with E-state index in [9.17, 15) is 0 Å². The summed E-state index contributed by atoms with van der Waals surface area (Å²) in [4.78, 5) is 0. The average molecular weight is 213 g/mol. The first-order valence-corrected chi connectivity index (χ1v) is 4.47. The summed E-state index contributed by atoms with van der Waals surface area (Å²) >= 11 is 2.16. The van der Waals surface area contributed by atoms with Gasteiger partial charge in [0.1, 0.15) is 0 Å². The number of hydrogen-bond donors (Lipinski definition) is 2. The zero-order valence-corrected chi connectivity index (χ0v) is 8.98. The Bertz CT molecular complexity index is 83.9. The molecule has 1 heterocycles. The van der Waals surface area contributed by atoms with E-state index in [-0.39, 0.29) is 12.4 Å². The van der Waals surface area contributed by atoms with Gasteiger partial charge in [0.15, 0.2) is 0 Å². The predicted octanol–water partition coefficient (Wildman–Crippen LogP) is -0.635. The van der Waals surface area contributed by atoms with E-state index in [4.69, 9.17) is 0 Å². The number of rotatable bonds is 0. The average Bonchev–Trinajstić information content (AvgIpc) is 2.02. The van der Waals surface area contributed by atoms with Crippen LogP contribution in [-0.4, -0.2) is 42.7 Å². The molecule has 1 rings (SSSR count). The van der Waals surface area contributed by atoms with Crippen molar-refractivity contribution < 1.29 is 20.7 Å². The van der Waals surface area contributed by atoms with Crippen LogP contribution in [0.1, 0.15) is 0 Å². The zero-order valence-electron chi connectivity index (χ0n) is 6.60. The van der Waals surface area contributed by atoms with Gasteiger partial charge in [0.25, 0.3) is 0 Å². The summed E-state index contributed by atoms with van der Waals surface area (Å²) in [6.45, 7) is 6.79. The van der Waals surface area contributed by atoms with Crippen molar-refractivity contribution in [2.45, 2.75) is 0 Å². The van der Waals surface area contributed by atoms with E-state index in [1.807, 2.05) is 0 Å². The van der Waals surface area contributed by atoms with Crippen LogP contribution in [0.4, 0.5) is 0 Å². The molecule has 1 aliphatic rings. The molecule has 0 bridgehead atoms. The summed E-state index contributed by atoms with van der Waals surface area (Å²) in [5, 5.41) is 6.71. The molecular weight excluding hydrogens is 197 g/mol. The van der Waals surface area contributed by atoms with Crippen molar-refractivity contribution >= 4 is 12.4 Å². The molecule has 0 radical (unpaired) electrons. The second-order valence-corrected chi connectivity index (χ2v) is 3.47. The minimum absolute atomic E-state index is 0. The fourth-order valence-corrected chi connectivity index (χ4v) is 1.32. The second-order valence-electron chi connectivity index (χ2n) is 2.49. The van der Waals surface area contributed by atoms with Gasteiger partial charge in [-0.3, -0.25) is 0 Å². The predicted molar refractivity (Wildman–Crippen MR) is 44.6 cm³/mol. The van der Waals surface area contributed by atoms with Crippen molar-refractivity contribution in [1.29, 1.82) is 0 Å². The van der Waals surface area contributed by atoms with E-state index in [2.05, 4.69) is 34.7 Å². The summed E-state index contributed by atoms with van der Waals surface area (Å²) in [5.74, 6) is 0. The van der Waals surface area contributed by atoms with Crippen LogP contribution in [0.5, 0.6) is 0 Å². The summed E-state index contributed by atoms with van der Waals surface area (Å²) in [6, 6.07) is 0. The van der Waals surface area contributed by atoms with Gasteiger partial charge >= 0.3 is 74.0 Å². The summed E-state index contributed by atoms with van der Waals surface area (Å²) in [6.07, 6.45) is 0. The maximum absolute atomic E-state index is 3.35. The summed E-state index contributed by atoms with van der Waals surface area (Å²) in [7, 11) is 0. The SMILES string of the molecule is Cl.[Ti][N]1CCNCCNCC1. The van der Waals surface area contributed by atoms with Crippen LogP contribution < -0.4 is 10.6 Å². The van der Waals surface area contributed by atoms with Gasteiger partial charge in [0.2, 0.25) is 0 Å². The summed E-state index contributed by atoms with van der Waals surface area (Å²) in [5.41, 5.74) is 0.